The van der Waals surface area contributed by atoms with Gasteiger partial charge in [0.1, 0.15) is 11.3 Å². The standard InChI is InChI=1S/C20H29NO4/c1-7-17(23-13-15-11-9-8-10-12-15)16-14-24-20(5,6)21(16)18(22)25-19(2,3)4/h7-12,16-17H,1,13-14H2,2-6H3/t16-,17+/m0/s1. The molecule has 1 aromatic carbocycles. The van der Waals surface area contributed by atoms with Gasteiger partial charge in [-0.3, -0.25) is 4.90 Å². The number of amides is 1. The third-order valence-electron chi connectivity index (χ3n) is 4.01. The van der Waals surface area contributed by atoms with Crippen molar-refractivity contribution in [2.75, 3.05) is 6.61 Å². The van der Waals surface area contributed by atoms with E-state index in [1.54, 1.807) is 11.0 Å². The van der Waals surface area contributed by atoms with Crippen molar-refractivity contribution in [1.82, 2.24) is 4.90 Å². The van der Waals surface area contributed by atoms with Crippen LogP contribution in [0, 0.1) is 0 Å². The normalized spacial score (nSPS) is 21.0. The van der Waals surface area contributed by atoms with Crippen molar-refractivity contribution in [3.8, 4) is 0 Å². The van der Waals surface area contributed by atoms with Gasteiger partial charge in [-0.2, -0.15) is 0 Å². The average Bonchev–Trinajstić information content (AvgIpc) is 2.83. The molecule has 1 amide bonds. The maximum atomic E-state index is 12.7. The highest BCUT2D eigenvalue weighted by atomic mass is 16.6. The smallest absolute Gasteiger partial charge is 0.413 e. The second-order valence-electron chi connectivity index (χ2n) is 7.67. The van der Waals surface area contributed by atoms with E-state index in [2.05, 4.69) is 6.58 Å². The van der Waals surface area contributed by atoms with Gasteiger partial charge in [0.05, 0.1) is 25.4 Å². The zero-order valence-electron chi connectivity index (χ0n) is 15.8. The highest BCUT2D eigenvalue weighted by Crippen LogP contribution is 2.32. The molecule has 25 heavy (non-hydrogen) atoms. The van der Waals surface area contributed by atoms with Crippen molar-refractivity contribution < 1.29 is 19.0 Å². The van der Waals surface area contributed by atoms with Crippen molar-refractivity contribution >= 4 is 6.09 Å². The topological polar surface area (TPSA) is 48.0 Å². The minimum Gasteiger partial charge on any atom is -0.444 e. The zero-order valence-corrected chi connectivity index (χ0v) is 15.8. The number of carbonyl (C=O) groups excluding carboxylic acids is 1. The van der Waals surface area contributed by atoms with E-state index in [0.29, 0.717) is 13.2 Å². The number of nitrogens with zero attached hydrogens (tertiary/aromatic N) is 1. The summed E-state index contributed by atoms with van der Waals surface area (Å²) in [6.07, 6.45) is 0.958. The van der Waals surface area contributed by atoms with E-state index < -0.39 is 17.4 Å². The molecule has 1 aliphatic heterocycles. The fourth-order valence-electron chi connectivity index (χ4n) is 2.84. The van der Waals surface area contributed by atoms with Crippen LogP contribution >= 0.6 is 0 Å². The minimum absolute atomic E-state index is 0.286. The Morgan fingerprint density at radius 2 is 2.04 bits per heavy atom. The van der Waals surface area contributed by atoms with Crippen LogP contribution in [0.25, 0.3) is 0 Å². The molecular formula is C20H29NO4. The van der Waals surface area contributed by atoms with E-state index in [4.69, 9.17) is 14.2 Å². The molecule has 2 atom stereocenters. The van der Waals surface area contributed by atoms with E-state index in [-0.39, 0.29) is 12.1 Å². The van der Waals surface area contributed by atoms with E-state index in [1.165, 1.54) is 0 Å². The van der Waals surface area contributed by atoms with Crippen molar-refractivity contribution in [2.24, 2.45) is 0 Å². The fraction of sp³-hybridized carbons (Fsp3) is 0.550. The predicted molar refractivity (Wildman–Crippen MR) is 97.1 cm³/mol. The van der Waals surface area contributed by atoms with Crippen LogP contribution in [0.15, 0.2) is 43.0 Å². The van der Waals surface area contributed by atoms with Gasteiger partial charge in [0.25, 0.3) is 0 Å². The Bertz CT molecular complexity index is 591. The highest BCUT2D eigenvalue weighted by molar-refractivity contribution is 5.70. The molecule has 0 aromatic heterocycles. The van der Waals surface area contributed by atoms with E-state index in [1.807, 2.05) is 65.0 Å². The molecule has 1 aliphatic rings. The zero-order chi connectivity index (χ0) is 18.7. The molecule has 1 saturated heterocycles. The summed E-state index contributed by atoms with van der Waals surface area (Å²) >= 11 is 0. The first-order valence-corrected chi connectivity index (χ1v) is 8.58. The maximum absolute atomic E-state index is 12.7. The number of benzene rings is 1. The van der Waals surface area contributed by atoms with Crippen LogP contribution in [0.4, 0.5) is 4.79 Å². The van der Waals surface area contributed by atoms with Gasteiger partial charge in [0.2, 0.25) is 0 Å². The van der Waals surface area contributed by atoms with Gasteiger partial charge in [-0.1, -0.05) is 36.4 Å². The van der Waals surface area contributed by atoms with Crippen molar-refractivity contribution in [1.29, 1.82) is 0 Å². The lowest BCUT2D eigenvalue weighted by Gasteiger charge is -2.36. The second-order valence-corrected chi connectivity index (χ2v) is 7.67. The first kappa shape index (κ1) is 19.5. The Morgan fingerprint density at radius 1 is 1.40 bits per heavy atom. The Balaban J connectivity index is 2.12. The summed E-state index contributed by atoms with van der Waals surface area (Å²) in [7, 11) is 0. The number of rotatable bonds is 5. The molecular weight excluding hydrogens is 318 g/mol. The van der Waals surface area contributed by atoms with E-state index in [9.17, 15) is 4.79 Å². The fourth-order valence-corrected chi connectivity index (χ4v) is 2.84. The van der Waals surface area contributed by atoms with Gasteiger partial charge < -0.3 is 14.2 Å². The van der Waals surface area contributed by atoms with E-state index >= 15 is 0 Å². The molecule has 0 spiro atoms. The van der Waals surface area contributed by atoms with Crippen LogP contribution in [-0.4, -0.2) is 41.1 Å². The Morgan fingerprint density at radius 3 is 2.60 bits per heavy atom. The van der Waals surface area contributed by atoms with Crippen molar-refractivity contribution in [3.05, 3.63) is 48.6 Å². The lowest BCUT2D eigenvalue weighted by atomic mass is 10.1. The summed E-state index contributed by atoms with van der Waals surface area (Å²) in [5.74, 6) is 0. The van der Waals surface area contributed by atoms with Crippen molar-refractivity contribution in [3.63, 3.8) is 0 Å². The molecule has 1 aromatic rings. The molecule has 0 saturated carbocycles. The van der Waals surface area contributed by atoms with Gasteiger partial charge >= 0.3 is 6.09 Å². The molecule has 1 heterocycles. The first-order valence-electron chi connectivity index (χ1n) is 8.58. The summed E-state index contributed by atoms with van der Waals surface area (Å²) in [4.78, 5) is 14.3. The summed E-state index contributed by atoms with van der Waals surface area (Å²) < 4.78 is 17.4. The van der Waals surface area contributed by atoms with Crippen LogP contribution in [-0.2, 0) is 20.8 Å². The minimum atomic E-state index is -0.760. The molecule has 0 unspecified atom stereocenters. The maximum Gasteiger partial charge on any atom is 0.413 e. The summed E-state index contributed by atoms with van der Waals surface area (Å²) in [6, 6.07) is 9.62. The van der Waals surface area contributed by atoms with Crippen LogP contribution in [0.2, 0.25) is 0 Å². The molecule has 2 rings (SSSR count). The number of hydrogen-bond acceptors (Lipinski definition) is 4. The van der Waals surface area contributed by atoms with Gasteiger partial charge in [-0.15, -0.1) is 6.58 Å². The lowest BCUT2D eigenvalue weighted by Crippen LogP contribution is -2.53. The van der Waals surface area contributed by atoms with Crippen molar-refractivity contribution in [2.45, 2.75) is 64.7 Å². The van der Waals surface area contributed by atoms with Crippen LogP contribution in [0.1, 0.15) is 40.2 Å². The molecule has 5 nitrogen and oxygen atoms in total. The van der Waals surface area contributed by atoms with Gasteiger partial charge in [-0.25, -0.2) is 4.79 Å². The lowest BCUT2D eigenvalue weighted by molar-refractivity contribution is -0.0698. The Hall–Kier alpha value is -1.85. The quantitative estimate of drug-likeness (QED) is 0.752. The third kappa shape index (κ3) is 5.06. The summed E-state index contributed by atoms with van der Waals surface area (Å²) in [5, 5.41) is 0. The molecule has 0 bridgehead atoms. The number of ether oxygens (including phenoxy) is 3. The van der Waals surface area contributed by atoms with Gasteiger partial charge in [-0.05, 0) is 40.2 Å². The largest absolute Gasteiger partial charge is 0.444 e. The van der Waals surface area contributed by atoms with Crippen LogP contribution < -0.4 is 0 Å². The Labute approximate surface area is 150 Å². The monoisotopic (exact) mass is 347 g/mol. The SMILES string of the molecule is C=C[C@@H](OCc1ccccc1)[C@@H]1COC(C)(C)N1C(=O)OC(C)(C)C. The highest BCUT2D eigenvalue weighted by Gasteiger charge is 2.48. The molecule has 0 aliphatic carbocycles. The third-order valence-corrected chi connectivity index (χ3v) is 4.01. The van der Waals surface area contributed by atoms with Crippen LogP contribution in [0.3, 0.4) is 0 Å². The molecule has 0 N–H and O–H groups in total. The van der Waals surface area contributed by atoms with Gasteiger partial charge in [0, 0.05) is 0 Å². The Kier molecular flexibility index (Phi) is 5.91. The molecule has 138 valence electrons. The van der Waals surface area contributed by atoms with Crippen LogP contribution in [0.5, 0.6) is 0 Å². The molecule has 1 fully saturated rings. The average molecular weight is 347 g/mol. The summed E-state index contributed by atoms with van der Waals surface area (Å²) in [5.41, 5.74) is -0.268. The number of carbonyl (C=O) groups is 1. The predicted octanol–water partition coefficient (Wildman–Crippen LogP) is 4.13. The number of hydrogen-bond donors (Lipinski definition) is 0. The van der Waals surface area contributed by atoms with E-state index in [0.717, 1.165) is 5.56 Å². The molecule has 5 heteroatoms. The first-order chi connectivity index (χ1) is 11.6. The second kappa shape index (κ2) is 7.58. The van der Waals surface area contributed by atoms with Gasteiger partial charge in [0.15, 0.2) is 0 Å². The summed E-state index contributed by atoms with van der Waals surface area (Å²) in [6.45, 7) is 13.9. The molecule has 0 radical (unpaired) electrons.